The first-order chi connectivity index (χ1) is 13.9. The average Bonchev–Trinajstić information content (AvgIpc) is 3.15. The molecular formula is C23H15F3N2O. The molecule has 0 amide bonds. The second-order valence-corrected chi connectivity index (χ2v) is 6.73. The molecule has 0 radical (unpaired) electrons. The summed E-state index contributed by atoms with van der Waals surface area (Å²) < 4.78 is 39.1. The molecule has 4 rings (SSSR count). The van der Waals surface area contributed by atoms with Crippen molar-refractivity contribution in [1.82, 2.24) is 4.98 Å². The summed E-state index contributed by atoms with van der Waals surface area (Å²) in [5, 5.41) is 20.8. The number of para-hydroxylation sites is 1. The molecule has 0 aliphatic rings. The number of aromatic amines is 1. The summed E-state index contributed by atoms with van der Waals surface area (Å²) in [5.74, 6) is 0.0342. The van der Waals surface area contributed by atoms with Gasteiger partial charge in [0.1, 0.15) is 11.2 Å². The fourth-order valence-corrected chi connectivity index (χ4v) is 3.67. The van der Waals surface area contributed by atoms with Crippen LogP contribution in [-0.4, -0.2) is 10.1 Å². The van der Waals surface area contributed by atoms with E-state index in [-0.39, 0.29) is 5.75 Å². The summed E-state index contributed by atoms with van der Waals surface area (Å²) in [6, 6.07) is 20.5. The smallest absolute Gasteiger partial charge is 0.416 e. The lowest BCUT2D eigenvalue weighted by Gasteiger charge is -2.28. The Balaban J connectivity index is 2.02. The van der Waals surface area contributed by atoms with E-state index >= 15 is 0 Å². The minimum atomic E-state index is -4.47. The molecule has 0 unspecified atom stereocenters. The van der Waals surface area contributed by atoms with Gasteiger partial charge in [0, 0.05) is 22.7 Å². The van der Waals surface area contributed by atoms with Gasteiger partial charge in [0.2, 0.25) is 0 Å². The van der Waals surface area contributed by atoms with Gasteiger partial charge < -0.3 is 10.1 Å². The maximum atomic E-state index is 13.0. The number of alkyl halides is 3. The summed E-state index contributed by atoms with van der Waals surface area (Å²) >= 11 is 0. The molecule has 1 heterocycles. The van der Waals surface area contributed by atoms with Gasteiger partial charge in [0.25, 0.3) is 0 Å². The van der Waals surface area contributed by atoms with Gasteiger partial charge in [-0.25, -0.2) is 0 Å². The number of hydrogen-bond donors (Lipinski definition) is 2. The zero-order valence-electron chi connectivity index (χ0n) is 15.0. The lowest BCUT2D eigenvalue weighted by molar-refractivity contribution is -0.137. The van der Waals surface area contributed by atoms with Crippen LogP contribution < -0.4 is 0 Å². The number of halogens is 3. The van der Waals surface area contributed by atoms with Gasteiger partial charge in [-0.15, -0.1) is 0 Å². The van der Waals surface area contributed by atoms with Gasteiger partial charge in [0.05, 0.1) is 11.6 Å². The maximum absolute atomic E-state index is 13.0. The zero-order chi connectivity index (χ0) is 20.6. The molecule has 3 aromatic carbocycles. The van der Waals surface area contributed by atoms with Gasteiger partial charge in [-0.05, 0) is 41.5 Å². The van der Waals surface area contributed by atoms with Gasteiger partial charge in [-0.3, -0.25) is 0 Å². The monoisotopic (exact) mass is 392 g/mol. The van der Waals surface area contributed by atoms with E-state index in [0.29, 0.717) is 16.7 Å². The van der Waals surface area contributed by atoms with E-state index in [1.54, 1.807) is 18.3 Å². The highest BCUT2D eigenvalue weighted by atomic mass is 19.4. The Labute approximate surface area is 164 Å². The van der Waals surface area contributed by atoms with Gasteiger partial charge >= 0.3 is 6.18 Å². The third-order valence-electron chi connectivity index (χ3n) is 5.11. The second kappa shape index (κ2) is 6.71. The number of rotatable bonds is 3. The number of benzene rings is 3. The van der Waals surface area contributed by atoms with E-state index in [0.717, 1.165) is 23.0 Å². The largest absolute Gasteiger partial charge is 0.508 e. The molecule has 1 aromatic heterocycles. The predicted octanol–water partition coefficient (Wildman–Crippen LogP) is 5.75. The lowest BCUT2D eigenvalue weighted by atomic mass is 9.70. The van der Waals surface area contributed by atoms with Crippen LogP contribution >= 0.6 is 0 Å². The van der Waals surface area contributed by atoms with E-state index in [9.17, 15) is 23.5 Å². The van der Waals surface area contributed by atoms with Gasteiger partial charge in [-0.1, -0.05) is 42.5 Å². The van der Waals surface area contributed by atoms with E-state index in [1.807, 2.05) is 24.3 Å². The van der Waals surface area contributed by atoms with Crippen LogP contribution in [0.2, 0.25) is 0 Å². The molecule has 144 valence electrons. The molecule has 1 atom stereocenters. The number of phenolic OH excluding ortho intramolecular Hbond substituents is 1. The fraction of sp³-hybridized carbons (Fsp3) is 0.0870. The molecule has 2 N–H and O–H groups in total. The van der Waals surface area contributed by atoms with Crippen molar-refractivity contribution in [2.75, 3.05) is 0 Å². The molecule has 0 fully saturated rings. The molecule has 0 bridgehead atoms. The molecular weight excluding hydrogens is 377 g/mol. The summed E-state index contributed by atoms with van der Waals surface area (Å²) in [4.78, 5) is 3.13. The highest BCUT2D eigenvalue weighted by molar-refractivity contribution is 5.87. The molecule has 3 nitrogen and oxygen atoms in total. The van der Waals surface area contributed by atoms with Crippen LogP contribution in [0, 0.1) is 11.3 Å². The molecule has 0 spiro atoms. The number of nitrogens with zero attached hydrogens (tertiary/aromatic N) is 1. The van der Waals surface area contributed by atoms with Crippen LogP contribution in [-0.2, 0) is 11.6 Å². The summed E-state index contributed by atoms with van der Waals surface area (Å²) in [7, 11) is 0. The standard InChI is InChI=1S/C23H15F3N2O/c24-23(25,26)17-7-5-15(6-8-17)22(14-27,16-9-11-18(29)12-10-16)20-13-28-21-4-2-1-3-19(20)21/h1-13,28-29H/t22-/m1/s1. The third-order valence-corrected chi connectivity index (χ3v) is 5.11. The Morgan fingerprint density at radius 1 is 0.793 bits per heavy atom. The van der Waals surface area contributed by atoms with Gasteiger partial charge in [-0.2, -0.15) is 18.4 Å². The number of aromatic nitrogens is 1. The first-order valence-electron chi connectivity index (χ1n) is 8.81. The summed E-state index contributed by atoms with van der Waals surface area (Å²) in [6.45, 7) is 0. The van der Waals surface area contributed by atoms with Crippen molar-refractivity contribution < 1.29 is 18.3 Å². The Morgan fingerprint density at radius 3 is 1.93 bits per heavy atom. The van der Waals surface area contributed by atoms with Crippen LogP contribution in [0.4, 0.5) is 13.2 Å². The van der Waals surface area contributed by atoms with Crippen LogP contribution in [0.5, 0.6) is 5.75 Å². The Kier molecular flexibility index (Phi) is 4.31. The van der Waals surface area contributed by atoms with Crippen molar-refractivity contribution in [3.05, 3.63) is 101 Å². The number of nitrogens with one attached hydrogen (secondary N) is 1. The van der Waals surface area contributed by atoms with E-state index in [2.05, 4.69) is 11.1 Å². The topological polar surface area (TPSA) is 59.8 Å². The second-order valence-electron chi connectivity index (χ2n) is 6.73. The first kappa shape index (κ1) is 18.6. The molecule has 0 saturated heterocycles. The molecule has 0 saturated carbocycles. The van der Waals surface area contributed by atoms with Crippen molar-refractivity contribution in [3.63, 3.8) is 0 Å². The molecule has 4 aromatic rings. The van der Waals surface area contributed by atoms with Crippen molar-refractivity contribution >= 4 is 10.9 Å². The van der Waals surface area contributed by atoms with Gasteiger partial charge in [0.15, 0.2) is 0 Å². The Bertz CT molecular complexity index is 1200. The SMILES string of the molecule is N#C[C@](c1ccc(O)cc1)(c1ccc(C(F)(F)F)cc1)c1c[nH]c2ccccc12. The molecule has 6 heteroatoms. The van der Waals surface area contributed by atoms with Crippen LogP contribution in [0.15, 0.2) is 79.0 Å². The molecule has 29 heavy (non-hydrogen) atoms. The Morgan fingerprint density at radius 2 is 1.34 bits per heavy atom. The van der Waals surface area contributed by atoms with Crippen LogP contribution in [0.3, 0.4) is 0 Å². The Hall–Kier alpha value is -3.72. The van der Waals surface area contributed by atoms with Crippen LogP contribution in [0.25, 0.3) is 10.9 Å². The number of nitriles is 1. The minimum Gasteiger partial charge on any atom is -0.508 e. The quantitative estimate of drug-likeness (QED) is 0.466. The number of fused-ring (bicyclic) bond motifs is 1. The summed E-state index contributed by atoms with van der Waals surface area (Å²) in [5.41, 5.74) is 0.245. The van der Waals surface area contributed by atoms with Crippen molar-refractivity contribution in [1.29, 1.82) is 5.26 Å². The number of phenols is 1. The number of H-pyrrole nitrogens is 1. The maximum Gasteiger partial charge on any atom is 0.416 e. The highest BCUT2D eigenvalue weighted by Gasteiger charge is 2.39. The van der Waals surface area contributed by atoms with Crippen LogP contribution in [0.1, 0.15) is 22.3 Å². The highest BCUT2D eigenvalue weighted by Crippen LogP contribution is 2.43. The molecule has 0 aliphatic heterocycles. The zero-order valence-corrected chi connectivity index (χ0v) is 15.0. The van der Waals surface area contributed by atoms with E-state index in [4.69, 9.17) is 0 Å². The predicted molar refractivity (Wildman–Crippen MR) is 103 cm³/mol. The molecule has 0 aliphatic carbocycles. The third kappa shape index (κ3) is 3.01. The average molecular weight is 392 g/mol. The fourth-order valence-electron chi connectivity index (χ4n) is 3.67. The minimum absolute atomic E-state index is 0.0342. The normalized spacial score (nSPS) is 13.7. The van der Waals surface area contributed by atoms with Crippen molar-refractivity contribution in [3.8, 4) is 11.8 Å². The van der Waals surface area contributed by atoms with E-state index in [1.165, 1.54) is 24.3 Å². The van der Waals surface area contributed by atoms with Crippen molar-refractivity contribution in [2.24, 2.45) is 0 Å². The lowest BCUT2D eigenvalue weighted by Crippen LogP contribution is -2.27. The first-order valence-corrected chi connectivity index (χ1v) is 8.81. The summed E-state index contributed by atoms with van der Waals surface area (Å²) in [6.07, 6.45) is -2.76. The number of hydrogen-bond acceptors (Lipinski definition) is 2. The van der Waals surface area contributed by atoms with E-state index < -0.39 is 17.2 Å². The van der Waals surface area contributed by atoms with Crippen molar-refractivity contribution in [2.45, 2.75) is 11.6 Å². The number of aromatic hydroxyl groups is 1.